The number of halogens is 1. The molecule has 0 spiro atoms. The molecule has 0 aliphatic heterocycles. The summed E-state index contributed by atoms with van der Waals surface area (Å²) in [6.45, 7) is 1.64. The average molecular weight is 366 g/mol. The van der Waals surface area contributed by atoms with Crippen molar-refractivity contribution in [1.82, 2.24) is 0 Å². The Balaban J connectivity index is 2.11. The number of rotatable bonds is 6. The summed E-state index contributed by atoms with van der Waals surface area (Å²) in [5.41, 5.74) is 1.27. The molecule has 0 aliphatic rings. The van der Waals surface area contributed by atoms with Gasteiger partial charge in [-0.15, -0.1) is 0 Å². The first-order valence-electron chi connectivity index (χ1n) is 7.39. The van der Waals surface area contributed by atoms with Crippen LogP contribution in [0.2, 0.25) is 0 Å². The zero-order chi connectivity index (χ0) is 18.6. The van der Waals surface area contributed by atoms with Crippen LogP contribution in [0, 0.1) is 12.7 Å². The van der Waals surface area contributed by atoms with Gasteiger partial charge in [-0.2, -0.15) is 0 Å². The molecular weight excluding hydrogens is 347 g/mol. The molecule has 0 saturated heterocycles. The first-order chi connectivity index (χ1) is 11.7. The van der Waals surface area contributed by atoms with Gasteiger partial charge >= 0.3 is 0 Å². The number of nitrogens with zero attached hydrogens (tertiary/aromatic N) is 1. The van der Waals surface area contributed by atoms with Crippen LogP contribution >= 0.6 is 0 Å². The summed E-state index contributed by atoms with van der Waals surface area (Å²) in [6, 6.07) is 10.6. The van der Waals surface area contributed by atoms with E-state index >= 15 is 0 Å². The first-order valence-corrected chi connectivity index (χ1v) is 9.24. The number of carbonyl (C=O) groups excluding carboxylic acids is 1. The second kappa shape index (κ2) is 7.52. The van der Waals surface area contributed by atoms with Crippen LogP contribution in [0.25, 0.3) is 0 Å². The van der Waals surface area contributed by atoms with E-state index in [4.69, 9.17) is 4.74 Å². The Bertz CT molecular complexity index is 867. The molecule has 0 saturated carbocycles. The third-order valence-corrected chi connectivity index (χ3v) is 4.65. The molecule has 2 rings (SSSR count). The molecule has 25 heavy (non-hydrogen) atoms. The maximum Gasteiger partial charge on any atom is 0.262 e. The summed E-state index contributed by atoms with van der Waals surface area (Å²) in [4.78, 5) is 12.1. The molecular formula is C17H19FN2O4S. The second-order valence-corrected chi connectivity index (χ2v) is 7.56. The molecule has 0 aromatic heterocycles. The van der Waals surface area contributed by atoms with Gasteiger partial charge in [0.1, 0.15) is 11.6 Å². The van der Waals surface area contributed by atoms with Crippen molar-refractivity contribution in [3.05, 3.63) is 53.8 Å². The molecule has 0 radical (unpaired) electrons. The van der Waals surface area contributed by atoms with E-state index < -0.39 is 21.7 Å². The van der Waals surface area contributed by atoms with Crippen molar-refractivity contribution in [1.29, 1.82) is 0 Å². The van der Waals surface area contributed by atoms with E-state index in [2.05, 4.69) is 5.32 Å². The van der Waals surface area contributed by atoms with Crippen molar-refractivity contribution in [2.45, 2.75) is 6.92 Å². The third kappa shape index (κ3) is 5.18. The van der Waals surface area contributed by atoms with Gasteiger partial charge in [-0.25, -0.2) is 12.8 Å². The Morgan fingerprint density at radius 3 is 2.44 bits per heavy atom. The largest absolute Gasteiger partial charge is 0.484 e. The summed E-state index contributed by atoms with van der Waals surface area (Å²) < 4.78 is 43.2. The number of anilines is 2. The van der Waals surface area contributed by atoms with Gasteiger partial charge in [-0.3, -0.25) is 9.10 Å². The van der Waals surface area contributed by atoms with E-state index in [-0.39, 0.29) is 18.0 Å². The summed E-state index contributed by atoms with van der Waals surface area (Å²) in [7, 11) is -2.24. The molecule has 2 aromatic rings. The van der Waals surface area contributed by atoms with E-state index in [0.29, 0.717) is 5.75 Å². The molecule has 0 atom stereocenters. The van der Waals surface area contributed by atoms with Crippen LogP contribution in [0.15, 0.2) is 42.5 Å². The van der Waals surface area contributed by atoms with Gasteiger partial charge in [0.25, 0.3) is 5.91 Å². The van der Waals surface area contributed by atoms with E-state index in [0.717, 1.165) is 28.3 Å². The van der Waals surface area contributed by atoms with Crippen LogP contribution in [-0.2, 0) is 14.8 Å². The van der Waals surface area contributed by atoms with Gasteiger partial charge < -0.3 is 10.1 Å². The third-order valence-electron chi connectivity index (χ3n) is 3.46. The molecule has 1 N–H and O–H groups in total. The van der Waals surface area contributed by atoms with Gasteiger partial charge in [0.05, 0.1) is 17.6 Å². The van der Waals surface area contributed by atoms with Crippen molar-refractivity contribution < 1.29 is 22.3 Å². The lowest BCUT2D eigenvalue weighted by atomic mass is 10.2. The van der Waals surface area contributed by atoms with E-state index in [9.17, 15) is 17.6 Å². The lowest BCUT2D eigenvalue weighted by Crippen LogP contribution is -2.27. The zero-order valence-corrected chi connectivity index (χ0v) is 14.9. The smallest absolute Gasteiger partial charge is 0.262 e. The van der Waals surface area contributed by atoms with Crippen molar-refractivity contribution in [3.8, 4) is 5.75 Å². The highest BCUT2D eigenvalue weighted by molar-refractivity contribution is 7.92. The van der Waals surface area contributed by atoms with Crippen LogP contribution in [0.4, 0.5) is 15.8 Å². The predicted octanol–water partition coefficient (Wildman–Crippen LogP) is 2.55. The molecule has 134 valence electrons. The number of sulfonamides is 1. The van der Waals surface area contributed by atoms with Crippen LogP contribution < -0.4 is 14.4 Å². The number of hydrogen-bond acceptors (Lipinski definition) is 4. The van der Waals surface area contributed by atoms with Gasteiger partial charge in [0, 0.05) is 7.05 Å². The fraction of sp³-hybridized carbons (Fsp3) is 0.235. The normalized spacial score (nSPS) is 11.0. The molecule has 0 fully saturated rings. The average Bonchev–Trinajstić information content (AvgIpc) is 2.53. The first kappa shape index (κ1) is 18.7. The minimum Gasteiger partial charge on any atom is -0.484 e. The van der Waals surface area contributed by atoms with Crippen molar-refractivity contribution in [3.63, 3.8) is 0 Å². The number of amides is 1. The quantitative estimate of drug-likeness (QED) is 0.852. The van der Waals surface area contributed by atoms with E-state index in [1.165, 1.54) is 13.1 Å². The van der Waals surface area contributed by atoms with Gasteiger partial charge in [0.2, 0.25) is 10.0 Å². The number of nitrogens with one attached hydrogen (secondary N) is 1. The molecule has 2 aromatic carbocycles. The van der Waals surface area contributed by atoms with Crippen molar-refractivity contribution >= 4 is 27.3 Å². The fourth-order valence-electron chi connectivity index (χ4n) is 2.03. The molecule has 1 amide bonds. The molecule has 8 heteroatoms. The highest BCUT2D eigenvalue weighted by Gasteiger charge is 2.18. The summed E-state index contributed by atoms with van der Waals surface area (Å²) >= 11 is 0. The van der Waals surface area contributed by atoms with Crippen LogP contribution in [-0.4, -0.2) is 34.2 Å². The Hall–Kier alpha value is -2.61. The topological polar surface area (TPSA) is 75.7 Å². The highest BCUT2D eigenvalue weighted by atomic mass is 32.2. The lowest BCUT2D eigenvalue weighted by molar-refractivity contribution is -0.118. The molecule has 0 aliphatic carbocycles. The Morgan fingerprint density at radius 1 is 1.20 bits per heavy atom. The predicted molar refractivity (Wildman–Crippen MR) is 95.0 cm³/mol. The lowest BCUT2D eigenvalue weighted by Gasteiger charge is -2.20. The van der Waals surface area contributed by atoms with Gasteiger partial charge in [0.15, 0.2) is 6.61 Å². The van der Waals surface area contributed by atoms with Crippen LogP contribution in [0.3, 0.4) is 0 Å². The molecule has 6 nitrogen and oxygen atoms in total. The number of hydrogen-bond donors (Lipinski definition) is 1. The molecule has 0 unspecified atom stereocenters. The van der Waals surface area contributed by atoms with Gasteiger partial charge in [-0.05, 0) is 37.3 Å². The Labute approximate surface area is 146 Å². The number of carbonyl (C=O) groups is 1. The van der Waals surface area contributed by atoms with Gasteiger partial charge in [-0.1, -0.05) is 17.7 Å². The summed E-state index contributed by atoms with van der Waals surface area (Å²) in [5, 5.41) is 2.48. The maximum absolute atomic E-state index is 13.5. The molecule has 0 heterocycles. The van der Waals surface area contributed by atoms with E-state index in [1.54, 1.807) is 12.1 Å². The standard InChI is InChI=1S/C17H19FN2O4S/c1-12-4-7-14(8-5-12)24-11-17(21)19-15-10-13(18)6-9-16(15)20(2)25(3,22)23/h4-10H,11H2,1-3H3,(H,19,21). The van der Waals surface area contributed by atoms with Crippen molar-refractivity contribution in [2.24, 2.45) is 0 Å². The second-order valence-electron chi connectivity index (χ2n) is 5.54. The Morgan fingerprint density at radius 2 is 1.84 bits per heavy atom. The minimum absolute atomic E-state index is 0.0467. The maximum atomic E-state index is 13.5. The monoisotopic (exact) mass is 366 g/mol. The van der Waals surface area contributed by atoms with Crippen LogP contribution in [0.1, 0.15) is 5.56 Å². The summed E-state index contributed by atoms with van der Waals surface area (Å²) in [6.07, 6.45) is 1.02. The fourth-order valence-corrected chi connectivity index (χ4v) is 2.55. The Kier molecular flexibility index (Phi) is 5.63. The minimum atomic E-state index is -3.56. The van der Waals surface area contributed by atoms with Crippen LogP contribution in [0.5, 0.6) is 5.75 Å². The SMILES string of the molecule is Cc1ccc(OCC(=O)Nc2cc(F)ccc2N(C)S(C)(=O)=O)cc1. The summed E-state index contributed by atoms with van der Waals surface area (Å²) in [5.74, 6) is -0.608. The number of ether oxygens (including phenoxy) is 1. The highest BCUT2D eigenvalue weighted by Crippen LogP contribution is 2.27. The van der Waals surface area contributed by atoms with E-state index in [1.807, 2.05) is 19.1 Å². The number of benzene rings is 2. The molecule has 0 bridgehead atoms. The number of aryl methyl sites for hydroxylation is 1. The zero-order valence-electron chi connectivity index (χ0n) is 14.1. The van der Waals surface area contributed by atoms with Crippen molar-refractivity contribution in [2.75, 3.05) is 29.5 Å².